The monoisotopic (exact) mass is 271 g/mol. The van der Waals surface area contributed by atoms with Gasteiger partial charge >= 0.3 is 0 Å². The van der Waals surface area contributed by atoms with Crippen LogP contribution in [0.1, 0.15) is 21.5 Å². The van der Waals surface area contributed by atoms with Crippen molar-refractivity contribution >= 4 is 11.6 Å². The molecule has 4 nitrogen and oxygen atoms in total. The third kappa shape index (κ3) is 3.16. The van der Waals surface area contributed by atoms with Gasteiger partial charge in [0.2, 0.25) is 0 Å². The zero-order valence-electron chi connectivity index (χ0n) is 11.5. The lowest BCUT2D eigenvalue weighted by molar-refractivity contribution is 0.102. The lowest BCUT2D eigenvalue weighted by Crippen LogP contribution is -2.13. The molecule has 0 radical (unpaired) electrons. The van der Waals surface area contributed by atoms with Crippen LogP contribution in [0.2, 0.25) is 0 Å². The number of phenols is 1. The molecule has 0 saturated carbocycles. The van der Waals surface area contributed by atoms with Crippen molar-refractivity contribution in [1.29, 1.82) is 0 Å². The molecule has 2 aromatic carbocycles. The van der Waals surface area contributed by atoms with Crippen LogP contribution in [0.3, 0.4) is 0 Å². The number of benzene rings is 2. The Morgan fingerprint density at radius 3 is 2.75 bits per heavy atom. The summed E-state index contributed by atoms with van der Waals surface area (Å²) in [7, 11) is 1.63. The summed E-state index contributed by atoms with van der Waals surface area (Å²) in [6, 6.07) is 12.4. The third-order valence-corrected chi connectivity index (χ3v) is 3.05. The summed E-state index contributed by atoms with van der Waals surface area (Å²) in [5.74, 6) is -0.126. The predicted octanol–water partition coefficient (Wildman–Crippen LogP) is 3.10. The maximum atomic E-state index is 12.2. The fraction of sp³-hybridized carbons (Fsp3) is 0.188. The molecule has 0 atom stereocenters. The van der Waals surface area contributed by atoms with E-state index in [2.05, 4.69) is 5.32 Å². The van der Waals surface area contributed by atoms with Crippen LogP contribution in [0.4, 0.5) is 5.69 Å². The molecule has 1 amide bonds. The number of carbonyl (C=O) groups is 1. The summed E-state index contributed by atoms with van der Waals surface area (Å²) < 4.78 is 5.06. The Labute approximate surface area is 118 Å². The van der Waals surface area contributed by atoms with E-state index in [0.29, 0.717) is 23.4 Å². The van der Waals surface area contributed by atoms with E-state index in [-0.39, 0.29) is 11.7 Å². The first-order valence-electron chi connectivity index (χ1n) is 6.29. The van der Waals surface area contributed by atoms with Crippen molar-refractivity contribution in [3.8, 4) is 5.75 Å². The average molecular weight is 271 g/mol. The minimum absolute atomic E-state index is 0.116. The SMILES string of the molecule is COCc1cccc(NC(=O)c2cccc(O)c2C)c1. The zero-order chi connectivity index (χ0) is 14.5. The molecule has 2 rings (SSSR count). The fourth-order valence-electron chi connectivity index (χ4n) is 1.97. The van der Waals surface area contributed by atoms with Crippen molar-refractivity contribution in [3.63, 3.8) is 0 Å². The molecule has 0 aromatic heterocycles. The van der Waals surface area contributed by atoms with E-state index >= 15 is 0 Å². The van der Waals surface area contributed by atoms with Gasteiger partial charge in [-0.1, -0.05) is 18.2 Å². The minimum Gasteiger partial charge on any atom is -0.508 e. The Morgan fingerprint density at radius 1 is 1.25 bits per heavy atom. The topological polar surface area (TPSA) is 58.6 Å². The number of ether oxygens (including phenoxy) is 1. The zero-order valence-corrected chi connectivity index (χ0v) is 11.5. The van der Waals surface area contributed by atoms with E-state index in [0.717, 1.165) is 5.56 Å². The van der Waals surface area contributed by atoms with Crippen LogP contribution in [0, 0.1) is 6.92 Å². The number of nitrogens with one attached hydrogen (secondary N) is 1. The Bertz CT molecular complexity index is 623. The molecule has 0 saturated heterocycles. The highest BCUT2D eigenvalue weighted by molar-refractivity contribution is 6.05. The summed E-state index contributed by atoms with van der Waals surface area (Å²) in [6.07, 6.45) is 0. The van der Waals surface area contributed by atoms with Crippen molar-refractivity contribution in [3.05, 3.63) is 59.2 Å². The number of methoxy groups -OCH3 is 1. The first kappa shape index (κ1) is 14.1. The van der Waals surface area contributed by atoms with Crippen molar-refractivity contribution in [1.82, 2.24) is 0 Å². The van der Waals surface area contributed by atoms with E-state index in [1.54, 1.807) is 32.2 Å². The average Bonchev–Trinajstić information content (AvgIpc) is 2.42. The Morgan fingerprint density at radius 2 is 2.00 bits per heavy atom. The number of phenolic OH excluding ortho intramolecular Hbond substituents is 1. The van der Waals surface area contributed by atoms with Crippen molar-refractivity contribution in [2.24, 2.45) is 0 Å². The quantitative estimate of drug-likeness (QED) is 0.898. The van der Waals surface area contributed by atoms with Crippen molar-refractivity contribution < 1.29 is 14.6 Å². The van der Waals surface area contributed by atoms with E-state index in [1.807, 2.05) is 24.3 Å². The normalized spacial score (nSPS) is 10.3. The number of amides is 1. The number of anilines is 1. The lowest BCUT2D eigenvalue weighted by atomic mass is 10.1. The van der Waals surface area contributed by atoms with Gasteiger partial charge in [0, 0.05) is 23.9 Å². The molecule has 4 heteroatoms. The summed E-state index contributed by atoms with van der Waals surface area (Å²) in [6.45, 7) is 2.21. The van der Waals surface area contributed by atoms with Gasteiger partial charge in [-0.2, -0.15) is 0 Å². The van der Waals surface area contributed by atoms with Gasteiger partial charge < -0.3 is 15.2 Å². The van der Waals surface area contributed by atoms with Crippen LogP contribution >= 0.6 is 0 Å². The molecule has 20 heavy (non-hydrogen) atoms. The lowest BCUT2D eigenvalue weighted by Gasteiger charge is -2.09. The highest BCUT2D eigenvalue weighted by Crippen LogP contribution is 2.21. The number of carbonyl (C=O) groups excluding carboxylic acids is 1. The first-order chi connectivity index (χ1) is 9.61. The number of rotatable bonds is 4. The molecule has 0 aliphatic heterocycles. The highest BCUT2D eigenvalue weighted by atomic mass is 16.5. The summed E-state index contributed by atoms with van der Waals surface area (Å²) >= 11 is 0. The minimum atomic E-state index is -0.243. The van der Waals surface area contributed by atoms with Gasteiger partial charge in [0.05, 0.1) is 6.61 Å². The molecule has 2 N–H and O–H groups in total. The van der Waals surface area contributed by atoms with E-state index in [4.69, 9.17) is 4.74 Å². The molecule has 0 aliphatic rings. The predicted molar refractivity (Wildman–Crippen MR) is 78.0 cm³/mol. The van der Waals surface area contributed by atoms with Crippen LogP contribution < -0.4 is 5.32 Å². The van der Waals surface area contributed by atoms with Crippen LogP contribution in [0.15, 0.2) is 42.5 Å². The number of hydrogen-bond donors (Lipinski definition) is 2. The van der Waals surface area contributed by atoms with Gasteiger partial charge in [-0.05, 0) is 36.8 Å². The Balaban J connectivity index is 2.19. The van der Waals surface area contributed by atoms with Gasteiger partial charge in [-0.25, -0.2) is 0 Å². The van der Waals surface area contributed by atoms with Crippen LogP contribution in [0.5, 0.6) is 5.75 Å². The molecule has 0 bridgehead atoms. The van der Waals surface area contributed by atoms with Gasteiger partial charge in [0.15, 0.2) is 0 Å². The van der Waals surface area contributed by atoms with Crippen LogP contribution in [-0.2, 0) is 11.3 Å². The molecule has 0 fully saturated rings. The van der Waals surface area contributed by atoms with Crippen molar-refractivity contribution in [2.75, 3.05) is 12.4 Å². The van der Waals surface area contributed by atoms with Crippen LogP contribution in [-0.4, -0.2) is 18.1 Å². The molecular formula is C16H17NO3. The molecule has 0 spiro atoms. The maximum Gasteiger partial charge on any atom is 0.256 e. The Kier molecular flexibility index (Phi) is 4.38. The molecule has 2 aromatic rings. The maximum absolute atomic E-state index is 12.2. The Hall–Kier alpha value is -2.33. The number of hydrogen-bond acceptors (Lipinski definition) is 3. The fourth-order valence-corrected chi connectivity index (χ4v) is 1.97. The molecular weight excluding hydrogens is 254 g/mol. The summed E-state index contributed by atoms with van der Waals surface area (Å²) in [4.78, 5) is 12.2. The molecule has 0 unspecified atom stereocenters. The second-order valence-electron chi connectivity index (χ2n) is 4.54. The second-order valence-corrected chi connectivity index (χ2v) is 4.54. The first-order valence-corrected chi connectivity index (χ1v) is 6.29. The molecule has 0 aliphatic carbocycles. The van der Waals surface area contributed by atoms with Crippen LogP contribution in [0.25, 0.3) is 0 Å². The summed E-state index contributed by atoms with van der Waals surface area (Å²) in [5, 5.41) is 12.5. The van der Waals surface area contributed by atoms with Crippen molar-refractivity contribution in [2.45, 2.75) is 13.5 Å². The van der Waals surface area contributed by atoms with Gasteiger partial charge in [0.25, 0.3) is 5.91 Å². The summed E-state index contributed by atoms with van der Waals surface area (Å²) in [5.41, 5.74) is 2.71. The van der Waals surface area contributed by atoms with E-state index in [9.17, 15) is 9.90 Å². The molecule has 104 valence electrons. The van der Waals surface area contributed by atoms with E-state index in [1.165, 1.54) is 0 Å². The highest BCUT2D eigenvalue weighted by Gasteiger charge is 2.11. The standard InChI is InChI=1S/C16H17NO3/c1-11-14(7-4-8-15(11)18)16(19)17-13-6-3-5-12(9-13)10-20-2/h3-9,18H,10H2,1-2H3,(H,17,19). The van der Waals surface area contributed by atoms with Gasteiger partial charge in [0.1, 0.15) is 5.75 Å². The second kappa shape index (κ2) is 6.21. The number of aromatic hydroxyl groups is 1. The molecule has 0 heterocycles. The van der Waals surface area contributed by atoms with Gasteiger partial charge in [-0.3, -0.25) is 4.79 Å². The van der Waals surface area contributed by atoms with E-state index < -0.39 is 0 Å². The third-order valence-electron chi connectivity index (χ3n) is 3.05. The smallest absolute Gasteiger partial charge is 0.256 e. The van der Waals surface area contributed by atoms with Gasteiger partial charge in [-0.15, -0.1) is 0 Å². The largest absolute Gasteiger partial charge is 0.508 e.